The second kappa shape index (κ2) is 20.0. The molecule has 0 fully saturated rings. The topological polar surface area (TPSA) is 69.9 Å². The van der Waals surface area contributed by atoms with Gasteiger partial charge < -0.3 is 19.7 Å². The number of fused-ring (bicyclic) bond motifs is 2. The van der Waals surface area contributed by atoms with Crippen LogP contribution in [0.1, 0.15) is 87.8 Å². The van der Waals surface area contributed by atoms with Gasteiger partial charge in [0.25, 0.3) is 8.32 Å². The first kappa shape index (κ1) is 41.9. The lowest BCUT2D eigenvalue weighted by Gasteiger charge is -2.42. The molecule has 56 heavy (non-hydrogen) atoms. The molecule has 0 radical (unpaired) electrons. The fourth-order valence-corrected chi connectivity index (χ4v) is 12.8. The molecule has 4 nitrogen and oxygen atoms in total. The molecule has 6 aromatic carbocycles. The number of phenols is 1. The van der Waals surface area contributed by atoms with E-state index in [-0.39, 0.29) is 19.0 Å². The van der Waals surface area contributed by atoms with Crippen LogP contribution in [0.3, 0.4) is 0 Å². The summed E-state index contributed by atoms with van der Waals surface area (Å²) in [7, 11) is -1.96. The van der Waals surface area contributed by atoms with Gasteiger partial charge in [0.05, 0.1) is 0 Å². The van der Waals surface area contributed by atoms with E-state index in [4.69, 9.17) is 14.6 Å². The van der Waals surface area contributed by atoms with E-state index in [0.717, 1.165) is 64.5 Å². The Morgan fingerprint density at radius 1 is 0.464 bits per heavy atom. The molecule has 0 aliphatic carbocycles. The van der Waals surface area contributed by atoms with Crippen molar-refractivity contribution in [3.63, 3.8) is 0 Å². The maximum Gasteiger partial charge on any atom is 0.258 e. The van der Waals surface area contributed by atoms with E-state index in [9.17, 15) is 5.11 Å². The highest BCUT2D eigenvalue weighted by Gasteiger charge is 2.47. The maximum absolute atomic E-state index is 9.49. The van der Waals surface area contributed by atoms with Crippen molar-refractivity contribution in [2.75, 3.05) is 13.2 Å². The molecule has 0 aliphatic heterocycles. The van der Waals surface area contributed by atoms with Gasteiger partial charge in [-0.1, -0.05) is 114 Å². The number of aliphatic hydroxyl groups is 2. The molecular weight excluding hydrogens is 705 g/mol. The number of phenolic OH excluding ortho intramolecular Hbond substituents is 1. The third-order valence-corrected chi connectivity index (χ3v) is 16.5. The van der Waals surface area contributed by atoms with Crippen LogP contribution in [0, 0.1) is 23.7 Å². The number of hydrogen-bond donors (Lipinski definition) is 3. The smallest absolute Gasteiger partial charge is 0.258 e. The summed E-state index contributed by atoms with van der Waals surface area (Å²) in [6.07, 6.45) is 3.37. The number of aromatic hydroxyl groups is 1. The summed E-state index contributed by atoms with van der Waals surface area (Å²) in [6, 6.07) is 40.6. The van der Waals surface area contributed by atoms with E-state index in [2.05, 4.69) is 138 Å². The number of benzene rings is 6. The Morgan fingerprint density at radius 2 is 0.839 bits per heavy atom. The zero-order valence-electron chi connectivity index (χ0n) is 33.8. The zero-order valence-corrected chi connectivity index (χ0v) is 34.8. The van der Waals surface area contributed by atoms with Crippen LogP contribution in [0.25, 0.3) is 21.5 Å². The molecule has 0 atom stereocenters. The Balaban J connectivity index is 0.000000228. The predicted octanol–water partition coefficient (Wildman–Crippen LogP) is 11.6. The van der Waals surface area contributed by atoms with Crippen molar-refractivity contribution in [2.24, 2.45) is 0 Å². The Labute approximate surface area is 335 Å². The van der Waals surface area contributed by atoms with Crippen molar-refractivity contribution < 1.29 is 19.7 Å². The number of hydrogen-bond acceptors (Lipinski definition) is 4. The average Bonchev–Trinajstić information content (AvgIpc) is 3.20. The van der Waals surface area contributed by atoms with Crippen LogP contribution in [0.15, 0.2) is 121 Å². The van der Waals surface area contributed by atoms with Gasteiger partial charge in [-0.15, -0.1) is 0 Å². The fourth-order valence-electron chi connectivity index (χ4n) is 7.60. The first-order chi connectivity index (χ1) is 27.0. The van der Waals surface area contributed by atoms with E-state index in [1.54, 1.807) is 12.1 Å². The summed E-state index contributed by atoms with van der Waals surface area (Å²) in [4.78, 5) is 0. The summed E-state index contributed by atoms with van der Waals surface area (Å²) in [5, 5.41) is 31.7. The molecule has 6 rings (SSSR count). The SMILES string of the molecule is CC(C)[Si](Oc1ccc2cc(C#Cc3ccc(CCCO)cc3)ccc2c1)(C(C)C)C(C)C.OCCCc1ccc(C#Cc2ccc3cc(O)ccc3c2)cc1. The lowest BCUT2D eigenvalue weighted by Crippen LogP contribution is -2.50. The minimum atomic E-state index is -1.96. The monoisotopic (exact) mass is 760 g/mol. The van der Waals surface area contributed by atoms with Crippen molar-refractivity contribution in [2.45, 2.75) is 83.8 Å². The first-order valence-corrected chi connectivity index (χ1v) is 22.0. The molecule has 0 saturated heterocycles. The van der Waals surface area contributed by atoms with E-state index >= 15 is 0 Å². The predicted molar refractivity (Wildman–Crippen MR) is 237 cm³/mol. The fraction of sp³-hybridized carbons (Fsp3) is 0.294. The number of aryl methyl sites for hydroxylation is 2. The molecule has 0 heterocycles. The molecule has 5 heteroatoms. The van der Waals surface area contributed by atoms with E-state index in [1.165, 1.54) is 21.9 Å². The van der Waals surface area contributed by atoms with Crippen LogP contribution >= 0.6 is 0 Å². The number of aliphatic hydroxyl groups excluding tert-OH is 2. The van der Waals surface area contributed by atoms with Gasteiger partial charge >= 0.3 is 0 Å². The second-order valence-corrected chi connectivity index (χ2v) is 20.8. The van der Waals surface area contributed by atoms with E-state index < -0.39 is 8.32 Å². The lowest BCUT2D eigenvalue weighted by molar-refractivity contribution is 0.288. The quantitative estimate of drug-likeness (QED) is 0.0908. The largest absolute Gasteiger partial charge is 0.543 e. The Hall–Kier alpha value is -5.30. The molecule has 0 spiro atoms. The van der Waals surface area contributed by atoms with Gasteiger partial charge in [0.15, 0.2) is 0 Å². The third-order valence-electron chi connectivity index (χ3n) is 10.5. The summed E-state index contributed by atoms with van der Waals surface area (Å²) >= 11 is 0. The van der Waals surface area contributed by atoms with Crippen molar-refractivity contribution >= 4 is 29.9 Å². The Morgan fingerprint density at radius 3 is 1.29 bits per heavy atom. The van der Waals surface area contributed by atoms with Gasteiger partial charge in [0, 0.05) is 35.5 Å². The van der Waals surface area contributed by atoms with Crippen LogP contribution in [-0.4, -0.2) is 36.9 Å². The summed E-state index contributed by atoms with van der Waals surface area (Å²) in [6.45, 7) is 14.4. The first-order valence-electron chi connectivity index (χ1n) is 19.9. The summed E-state index contributed by atoms with van der Waals surface area (Å²) < 4.78 is 6.86. The molecule has 288 valence electrons. The second-order valence-electron chi connectivity index (χ2n) is 15.4. The summed E-state index contributed by atoms with van der Waals surface area (Å²) in [5.74, 6) is 14.2. The molecule has 0 saturated carbocycles. The third kappa shape index (κ3) is 11.1. The van der Waals surface area contributed by atoms with Crippen molar-refractivity contribution in [1.82, 2.24) is 0 Å². The maximum atomic E-state index is 9.49. The highest BCUT2D eigenvalue weighted by Crippen LogP contribution is 2.43. The molecule has 3 N–H and O–H groups in total. The van der Waals surface area contributed by atoms with Crippen LogP contribution in [0.4, 0.5) is 0 Å². The molecular formula is C51H56O4Si. The number of rotatable bonds is 11. The molecule has 0 aliphatic rings. The minimum Gasteiger partial charge on any atom is -0.543 e. The van der Waals surface area contributed by atoms with E-state index in [0.29, 0.717) is 16.6 Å². The average molecular weight is 761 g/mol. The van der Waals surface area contributed by atoms with Crippen LogP contribution < -0.4 is 4.43 Å². The van der Waals surface area contributed by atoms with Gasteiger partial charge in [0.1, 0.15) is 11.5 Å². The molecule has 0 bridgehead atoms. The van der Waals surface area contributed by atoms with Crippen molar-refractivity contribution in [3.05, 3.63) is 155 Å². The normalized spacial score (nSPS) is 11.2. The zero-order chi connectivity index (χ0) is 40.1. The van der Waals surface area contributed by atoms with Gasteiger partial charge in [-0.25, -0.2) is 0 Å². The molecule has 6 aromatic rings. The standard InChI is InChI=1S/C30H38O2Si.C21H18O2/c1-22(2)33(23(3)4,24(5)6)32-30-18-17-28-20-27(15-16-29(28)21-30)14-13-26-11-9-25(10-12-26)8-7-19-31;22-13-1-2-16-3-5-17(6-4-16)7-8-18-9-10-20-15-21(23)12-11-19(20)14-18/h9-12,15-18,20-24,31H,7-8,19H2,1-6H3;3-6,9-12,14-15,22-23H,1-2,13H2. The molecule has 0 aromatic heterocycles. The van der Waals surface area contributed by atoms with Crippen LogP contribution in [0.5, 0.6) is 11.5 Å². The van der Waals surface area contributed by atoms with Gasteiger partial charge in [0.2, 0.25) is 0 Å². The van der Waals surface area contributed by atoms with E-state index in [1.807, 2.05) is 36.4 Å². The minimum absolute atomic E-state index is 0.224. The van der Waals surface area contributed by atoms with Gasteiger partial charge in [-0.3, -0.25) is 0 Å². The van der Waals surface area contributed by atoms with Crippen molar-refractivity contribution in [1.29, 1.82) is 0 Å². The molecule has 0 unspecified atom stereocenters. The summed E-state index contributed by atoms with van der Waals surface area (Å²) in [5.41, 5.74) is 8.04. The highest BCUT2D eigenvalue weighted by atomic mass is 28.4. The lowest BCUT2D eigenvalue weighted by atomic mass is 10.1. The Kier molecular flexibility index (Phi) is 15.0. The van der Waals surface area contributed by atoms with Crippen LogP contribution in [0.2, 0.25) is 16.6 Å². The van der Waals surface area contributed by atoms with Gasteiger partial charge in [-0.05, 0) is 148 Å². The molecule has 0 amide bonds. The van der Waals surface area contributed by atoms with Crippen molar-refractivity contribution in [3.8, 4) is 35.2 Å². The van der Waals surface area contributed by atoms with Gasteiger partial charge in [-0.2, -0.15) is 0 Å². The highest BCUT2D eigenvalue weighted by molar-refractivity contribution is 6.78. The van der Waals surface area contributed by atoms with Crippen LogP contribution in [-0.2, 0) is 12.8 Å². The Bertz CT molecular complexity index is 2300.